The lowest BCUT2D eigenvalue weighted by Crippen LogP contribution is -2.07. The molecule has 0 saturated carbocycles. The van der Waals surface area contributed by atoms with E-state index in [1.165, 1.54) is 11.3 Å². The van der Waals surface area contributed by atoms with Crippen LogP contribution in [0.3, 0.4) is 0 Å². The van der Waals surface area contributed by atoms with Crippen molar-refractivity contribution < 1.29 is 9.53 Å². The summed E-state index contributed by atoms with van der Waals surface area (Å²) in [5.74, 6) is 0.211. The molecule has 0 spiro atoms. The molecular formula is C12H10ClNO2S. The third-order valence-corrected chi connectivity index (χ3v) is 3.73. The predicted octanol–water partition coefficient (Wildman–Crippen LogP) is 3.18. The standard InChI is InChI=1S/C12H10ClNO2S/c1-16-9-3-2-7(6-8(9)13)10-4-5-11(17-10)12(14)15/h2-6H,1H3,(H2,14,15). The molecule has 1 aromatic heterocycles. The molecule has 0 saturated heterocycles. The minimum Gasteiger partial charge on any atom is -0.495 e. The zero-order valence-corrected chi connectivity index (χ0v) is 10.6. The van der Waals surface area contributed by atoms with Crippen molar-refractivity contribution in [2.24, 2.45) is 5.73 Å². The van der Waals surface area contributed by atoms with Gasteiger partial charge in [-0.1, -0.05) is 11.6 Å². The van der Waals surface area contributed by atoms with Crippen molar-refractivity contribution in [1.82, 2.24) is 0 Å². The topological polar surface area (TPSA) is 52.3 Å². The largest absolute Gasteiger partial charge is 0.495 e. The lowest BCUT2D eigenvalue weighted by atomic mass is 10.2. The summed E-state index contributed by atoms with van der Waals surface area (Å²) < 4.78 is 5.08. The summed E-state index contributed by atoms with van der Waals surface area (Å²) >= 11 is 7.38. The van der Waals surface area contributed by atoms with E-state index in [-0.39, 0.29) is 0 Å². The second-order valence-corrected chi connectivity index (χ2v) is 4.87. The fourth-order valence-electron chi connectivity index (χ4n) is 1.45. The molecule has 0 atom stereocenters. The van der Waals surface area contributed by atoms with E-state index in [0.29, 0.717) is 15.6 Å². The monoisotopic (exact) mass is 267 g/mol. The average Bonchev–Trinajstić information content (AvgIpc) is 2.78. The SMILES string of the molecule is COc1ccc(-c2ccc(C(N)=O)s2)cc1Cl. The van der Waals surface area contributed by atoms with Gasteiger partial charge < -0.3 is 10.5 Å². The zero-order chi connectivity index (χ0) is 12.4. The molecule has 0 aliphatic heterocycles. The van der Waals surface area contributed by atoms with Crippen LogP contribution in [0.25, 0.3) is 10.4 Å². The maximum atomic E-state index is 11.0. The van der Waals surface area contributed by atoms with Crippen LogP contribution < -0.4 is 10.5 Å². The van der Waals surface area contributed by atoms with Gasteiger partial charge in [0.1, 0.15) is 5.75 Å². The fraction of sp³-hybridized carbons (Fsp3) is 0.0833. The van der Waals surface area contributed by atoms with Crippen molar-refractivity contribution in [2.45, 2.75) is 0 Å². The molecule has 0 fully saturated rings. The van der Waals surface area contributed by atoms with Crippen LogP contribution in [0.2, 0.25) is 5.02 Å². The van der Waals surface area contributed by atoms with E-state index in [1.807, 2.05) is 12.1 Å². The average molecular weight is 268 g/mol. The maximum Gasteiger partial charge on any atom is 0.258 e. The van der Waals surface area contributed by atoms with Crippen LogP contribution in [-0.2, 0) is 0 Å². The summed E-state index contributed by atoms with van der Waals surface area (Å²) in [4.78, 5) is 12.5. The van der Waals surface area contributed by atoms with Crippen LogP contribution in [0.5, 0.6) is 5.75 Å². The number of primary amides is 1. The van der Waals surface area contributed by atoms with Crippen molar-refractivity contribution >= 4 is 28.8 Å². The van der Waals surface area contributed by atoms with Gasteiger partial charge in [-0.25, -0.2) is 0 Å². The van der Waals surface area contributed by atoms with E-state index in [1.54, 1.807) is 25.3 Å². The first-order chi connectivity index (χ1) is 8.11. The van der Waals surface area contributed by atoms with Gasteiger partial charge in [0, 0.05) is 4.88 Å². The van der Waals surface area contributed by atoms with Gasteiger partial charge >= 0.3 is 0 Å². The highest BCUT2D eigenvalue weighted by Gasteiger charge is 2.08. The summed E-state index contributed by atoms with van der Waals surface area (Å²) in [6.07, 6.45) is 0. The molecule has 1 aromatic carbocycles. The van der Waals surface area contributed by atoms with Crippen LogP contribution in [0.1, 0.15) is 9.67 Å². The van der Waals surface area contributed by atoms with E-state index in [0.717, 1.165) is 10.4 Å². The molecule has 2 rings (SSSR count). The number of carbonyl (C=O) groups is 1. The molecule has 17 heavy (non-hydrogen) atoms. The fourth-order valence-corrected chi connectivity index (χ4v) is 2.56. The molecule has 1 heterocycles. The quantitative estimate of drug-likeness (QED) is 0.929. The molecule has 0 aliphatic rings. The van der Waals surface area contributed by atoms with Crippen molar-refractivity contribution in [3.8, 4) is 16.2 Å². The molecule has 5 heteroatoms. The number of rotatable bonds is 3. The molecule has 0 bridgehead atoms. The van der Waals surface area contributed by atoms with E-state index in [2.05, 4.69) is 0 Å². The smallest absolute Gasteiger partial charge is 0.258 e. The zero-order valence-electron chi connectivity index (χ0n) is 9.07. The summed E-state index contributed by atoms with van der Waals surface area (Å²) in [6.45, 7) is 0. The molecule has 0 unspecified atom stereocenters. The first kappa shape index (κ1) is 12.0. The van der Waals surface area contributed by atoms with Gasteiger partial charge in [-0.2, -0.15) is 0 Å². The van der Waals surface area contributed by atoms with Gasteiger partial charge in [0.25, 0.3) is 5.91 Å². The van der Waals surface area contributed by atoms with Gasteiger partial charge in [0.05, 0.1) is 17.0 Å². The second kappa shape index (κ2) is 4.77. The molecule has 0 radical (unpaired) electrons. The summed E-state index contributed by atoms with van der Waals surface area (Å²) in [6, 6.07) is 9.04. The van der Waals surface area contributed by atoms with Crippen molar-refractivity contribution in [1.29, 1.82) is 0 Å². The second-order valence-electron chi connectivity index (χ2n) is 3.38. The minimum atomic E-state index is -0.416. The maximum absolute atomic E-state index is 11.0. The van der Waals surface area contributed by atoms with Gasteiger partial charge in [-0.3, -0.25) is 4.79 Å². The first-order valence-corrected chi connectivity index (χ1v) is 6.05. The van der Waals surface area contributed by atoms with Gasteiger partial charge in [0.15, 0.2) is 0 Å². The Kier molecular flexibility index (Phi) is 3.36. The number of hydrogen-bond donors (Lipinski definition) is 1. The Labute approximate surface area is 108 Å². The van der Waals surface area contributed by atoms with Gasteiger partial charge in [-0.15, -0.1) is 11.3 Å². The van der Waals surface area contributed by atoms with Crippen LogP contribution >= 0.6 is 22.9 Å². The molecule has 2 N–H and O–H groups in total. The predicted molar refractivity (Wildman–Crippen MR) is 69.8 cm³/mol. The highest BCUT2D eigenvalue weighted by atomic mass is 35.5. The van der Waals surface area contributed by atoms with Crippen LogP contribution in [0.15, 0.2) is 30.3 Å². The third-order valence-electron chi connectivity index (χ3n) is 2.29. The van der Waals surface area contributed by atoms with Crippen LogP contribution in [0.4, 0.5) is 0 Å². The van der Waals surface area contributed by atoms with E-state index < -0.39 is 5.91 Å². The number of thiophene rings is 1. The number of amides is 1. The Morgan fingerprint density at radius 3 is 2.65 bits per heavy atom. The number of nitrogens with two attached hydrogens (primary N) is 1. The highest BCUT2D eigenvalue weighted by molar-refractivity contribution is 7.17. The van der Waals surface area contributed by atoms with Gasteiger partial charge in [0.2, 0.25) is 0 Å². The lowest BCUT2D eigenvalue weighted by molar-refractivity contribution is 0.100. The summed E-state index contributed by atoms with van der Waals surface area (Å²) in [5.41, 5.74) is 6.14. The third kappa shape index (κ3) is 2.43. The molecule has 3 nitrogen and oxygen atoms in total. The lowest BCUT2D eigenvalue weighted by Gasteiger charge is -2.04. The molecule has 88 valence electrons. The number of benzene rings is 1. The number of hydrogen-bond acceptors (Lipinski definition) is 3. The normalized spacial score (nSPS) is 10.2. The van der Waals surface area contributed by atoms with Crippen molar-refractivity contribution in [3.05, 3.63) is 40.2 Å². The van der Waals surface area contributed by atoms with Crippen LogP contribution in [0, 0.1) is 0 Å². The van der Waals surface area contributed by atoms with Crippen molar-refractivity contribution in [3.63, 3.8) is 0 Å². The Balaban J connectivity index is 2.39. The van der Waals surface area contributed by atoms with Crippen molar-refractivity contribution in [2.75, 3.05) is 7.11 Å². The van der Waals surface area contributed by atoms with E-state index in [4.69, 9.17) is 22.1 Å². The molecule has 0 aliphatic carbocycles. The Morgan fingerprint density at radius 1 is 1.35 bits per heavy atom. The van der Waals surface area contributed by atoms with E-state index in [9.17, 15) is 4.79 Å². The number of ether oxygens (including phenoxy) is 1. The van der Waals surface area contributed by atoms with E-state index >= 15 is 0 Å². The van der Waals surface area contributed by atoms with Crippen LogP contribution in [-0.4, -0.2) is 13.0 Å². The molecular weight excluding hydrogens is 258 g/mol. The number of methoxy groups -OCH3 is 1. The Bertz CT molecular complexity index is 565. The Morgan fingerprint density at radius 2 is 2.12 bits per heavy atom. The minimum absolute atomic E-state index is 0.416. The summed E-state index contributed by atoms with van der Waals surface area (Å²) in [5, 5.41) is 0.541. The summed E-state index contributed by atoms with van der Waals surface area (Å²) in [7, 11) is 1.57. The number of halogens is 1. The van der Waals surface area contributed by atoms with Gasteiger partial charge in [-0.05, 0) is 35.9 Å². The Hall–Kier alpha value is -1.52. The molecule has 1 amide bonds. The first-order valence-electron chi connectivity index (χ1n) is 4.85. The molecule has 2 aromatic rings. The highest BCUT2D eigenvalue weighted by Crippen LogP contribution is 2.33. The number of carbonyl (C=O) groups excluding carboxylic acids is 1.